The molecule has 0 spiro atoms. The number of carboxylic acid groups (broad SMARTS) is 1. The number of hydrogen-bond acceptors (Lipinski definition) is 5. The van der Waals surface area contributed by atoms with Crippen LogP contribution in [0.1, 0.15) is 12.0 Å². The topological polar surface area (TPSA) is 133 Å². The molecular formula is C12H16N2O5. The van der Waals surface area contributed by atoms with Crippen LogP contribution in [0.25, 0.3) is 0 Å². The van der Waals surface area contributed by atoms with Gasteiger partial charge in [0, 0.05) is 0 Å². The van der Waals surface area contributed by atoms with Gasteiger partial charge in [0.05, 0.1) is 6.42 Å². The number of nitrogens with one attached hydrogen (secondary N) is 1. The molecule has 0 aromatic heterocycles. The normalized spacial score (nSPS) is 12.0. The van der Waals surface area contributed by atoms with E-state index in [2.05, 4.69) is 5.32 Å². The molecule has 0 bridgehead atoms. The van der Waals surface area contributed by atoms with Gasteiger partial charge in [-0.05, 0) is 30.7 Å². The van der Waals surface area contributed by atoms with Gasteiger partial charge in [-0.1, -0.05) is 6.07 Å². The minimum atomic E-state index is -1.15. The highest BCUT2D eigenvalue weighted by Gasteiger charge is 2.18. The predicted octanol–water partition coefficient (Wildman–Crippen LogP) is -0.442. The van der Waals surface area contributed by atoms with E-state index in [0.717, 1.165) is 5.56 Å². The molecule has 0 saturated carbocycles. The van der Waals surface area contributed by atoms with Crippen LogP contribution in [0.3, 0.4) is 0 Å². The van der Waals surface area contributed by atoms with Crippen LogP contribution in [0, 0.1) is 0 Å². The molecule has 1 atom stereocenters. The Bertz CT molecular complexity index is 475. The van der Waals surface area contributed by atoms with Gasteiger partial charge in [-0.25, -0.2) is 0 Å². The van der Waals surface area contributed by atoms with Gasteiger partial charge in [0.1, 0.15) is 6.04 Å². The maximum absolute atomic E-state index is 10.8. The number of carbonyl (C=O) groups is 2. The summed E-state index contributed by atoms with van der Waals surface area (Å²) in [4.78, 5) is 21.5. The van der Waals surface area contributed by atoms with Crippen molar-refractivity contribution in [3.8, 4) is 11.5 Å². The molecule has 0 aliphatic carbocycles. The molecule has 1 unspecified atom stereocenters. The summed E-state index contributed by atoms with van der Waals surface area (Å²) in [5.41, 5.74) is 5.68. The van der Waals surface area contributed by atoms with E-state index in [4.69, 9.17) is 15.9 Å². The van der Waals surface area contributed by atoms with Gasteiger partial charge >= 0.3 is 5.97 Å². The first kappa shape index (κ1) is 14.8. The largest absolute Gasteiger partial charge is 0.504 e. The lowest BCUT2D eigenvalue weighted by Crippen LogP contribution is -2.40. The number of amides is 1. The van der Waals surface area contributed by atoms with Crippen LogP contribution < -0.4 is 11.1 Å². The zero-order valence-corrected chi connectivity index (χ0v) is 10.2. The number of benzene rings is 1. The van der Waals surface area contributed by atoms with E-state index >= 15 is 0 Å². The summed E-state index contributed by atoms with van der Waals surface area (Å²) < 4.78 is 0. The Labute approximate surface area is 109 Å². The second-order valence-electron chi connectivity index (χ2n) is 4.09. The van der Waals surface area contributed by atoms with Crippen LogP contribution in [0.15, 0.2) is 18.2 Å². The Hall–Kier alpha value is -2.28. The number of primary amides is 1. The molecule has 0 radical (unpaired) electrons. The van der Waals surface area contributed by atoms with Crippen LogP contribution in [0.4, 0.5) is 0 Å². The molecule has 6 N–H and O–H groups in total. The molecule has 0 fully saturated rings. The van der Waals surface area contributed by atoms with Crippen LogP contribution >= 0.6 is 0 Å². The highest BCUT2D eigenvalue weighted by molar-refractivity contribution is 5.83. The van der Waals surface area contributed by atoms with E-state index in [0.29, 0.717) is 13.0 Å². The quantitative estimate of drug-likeness (QED) is 0.426. The van der Waals surface area contributed by atoms with E-state index < -0.39 is 17.9 Å². The zero-order chi connectivity index (χ0) is 14.4. The average molecular weight is 268 g/mol. The molecular weight excluding hydrogens is 252 g/mol. The Morgan fingerprint density at radius 1 is 1.26 bits per heavy atom. The Kier molecular flexibility index (Phi) is 5.13. The smallest absolute Gasteiger partial charge is 0.321 e. The first-order valence-electron chi connectivity index (χ1n) is 5.65. The summed E-state index contributed by atoms with van der Waals surface area (Å²) in [7, 11) is 0. The van der Waals surface area contributed by atoms with Crippen molar-refractivity contribution in [2.45, 2.75) is 18.9 Å². The van der Waals surface area contributed by atoms with Crippen molar-refractivity contribution in [1.82, 2.24) is 5.32 Å². The second-order valence-corrected chi connectivity index (χ2v) is 4.09. The van der Waals surface area contributed by atoms with E-state index in [-0.39, 0.29) is 17.9 Å². The lowest BCUT2D eigenvalue weighted by atomic mass is 10.1. The number of phenols is 2. The Balaban J connectivity index is 2.49. The number of aromatic hydroxyl groups is 2. The third kappa shape index (κ3) is 4.84. The van der Waals surface area contributed by atoms with Crippen molar-refractivity contribution in [2.24, 2.45) is 5.73 Å². The molecule has 19 heavy (non-hydrogen) atoms. The summed E-state index contributed by atoms with van der Waals surface area (Å²) in [6, 6.07) is 3.33. The number of aliphatic carboxylic acids is 1. The summed E-state index contributed by atoms with van der Waals surface area (Å²) >= 11 is 0. The summed E-state index contributed by atoms with van der Waals surface area (Å²) in [5, 5.41) is 30.0. The molecule has 0 saturated heterocycles. The van der Waals surface area contributed by atoms with E-state index in [1.165, 1.54) is 12.1 Å². The minimum absolute atomic E-state index is 0.214. The number of phenolic OH excluding ortho intramolecular Hbond substituents is 2. The lowest BCUT2D eigenvalue weighted by Gasteiger charge is -2.12. The second kappa shape index (κ2) is 6.60. The zero-order valence-electron chi connectivity index (χ0n) is 10.2. The first-order chi connectivity index (χ1) is 8.90. The van der Waals surface area contributed by atoms with Crippen LogP contribution in [0.5, 0.6) is 11.5 Å². The van der Waals surface area contributed by atoms with Crippen LogP contribution in [-0.4, -0.2) is 39.8 Å². The maximum Gasteiger partial charge on any atom is 0.321 e. The fourth-order valence-electron chi connectivity index (χ4n) is 1.56. The summed E-state index contributed by atoms with van der Waals surface area (Å²) in [6.07, 6.45) is 0.159. The third-order valence-electron chi connectivity index (χ3n) is 2.55. The fourth-order valence-corrected chi connectivity index (χ4v) is 1.56. The molecule has 104 valence electrons. The van der Waals surface area contributed by atoms with Gasteiger partial charge < -0.3 is 26.4 Å². The van der Waals surface area contributed by atoms with Gasteiger partial charge in [-0.2, -0.15) is 0 Å². The molecule has 1 aromatic carbocycles. The monoisotopic (exact) mass is 268 g/mol. The molecule has 0 aliphatic rings. The van der Waals surface area contributed by atoms with Crippen molar-refractivity contribution >= 4 is 11.9 Å². The minimum Gasteiger partial charge on any atom is -0.504 e. The number of rotatable bonds is 7. The van der Waals surface area contributed by atoms with E-state index in [1.54, 1.807) is 6.07 Å². The molecule has 1 amide bonds. The summed E-state index contributed by atoms with van der Waals surface area (Å²) in [6.45, 7) is 0.300. The van der Waals surface area contributed by atoms with Crippen molar-refractivity contribution < 1.29 is 24.9 Å². The van der Waals surface area contributed by atoms with Crippen molar-refractivity contribution in [2.75, 3.05) is 6.54 Å². The van der Waals surface area contributed by atoms with E-state index in [1.807, 2.05) is 0 Å². The van der Waals surface area contributed by atoms with Crippen LogP contribution in [-0.2, 0) is 16.0 Å². The summed E-state index contributed by atoms with van der Waals surface area (Å²) in [5.74, 6) is -2.28. The molecule has 7 heteroatoms. The molecule has 0 aliphatic heterocycles. The SMILES string of the molecule is NC(=O)CC(NCCc1ccc(O)c(O)c1)C(=O)O. The van der Waals surface area contributed by atoms with E-state index in [9.17, 15) is 14.7 Å². The Morgan fingerprint density at radius 2 is 1.95 bits per heavy atom. The fraction of sp³-hybridized carbons (Fsp3) is 0.333. The van der Waals surface area contributed by atoms with Gasteiger partial charge in [0.2, 0.25) is 5.91 Å². The van der Waals surface area contributed by atoms with Gasteiger partial charge in [0.15, 0.2) is 11.5 Å². The molecule has 1 rings (SSSR count). The maximum atomic E-state index is 10.8. The highest BCUT2D eigenvalue weighted by Crippen LogP contribution is 2.24. The van der Waals surface area contributed by atoms with Crippen LogP contribution in [0.2, 0.25) is 0 Å². The number of carbonyl (C=O) groups excluding carboxylic acids is 1. The third-order valence-corrected chi connectivity index (χ3v) is 2.55. The van der Waals surface area contributed by atoms with Crippen molar-refractivity contribution in [3.05, 3.63) is 23.8 Å². The molecule has 7 nitrogen and oxygen atoms in total. The average Bonchev–Trinajstić information content (AvgIpc) is 2.31. The first-order valence-corrected chi connectivity index (χ1v) is 5.65. The molecule has 0 heterocycles. The standard InChI is InChI=1S/C12H16N2O5/c13-11(17)6-8(12(18)19)14-4-3-7-1-2-9(15)10(16)5-7/h1-2,5,8,14-16H,3-4,6H2,(H2,13,17)(H,18,19). The predicted molar refractivity (Wildman–Crippen MR) is 66.7 cm³/mol. The number of hydrogen-bond donors (Lipinski definition) is 5. The molecule has 1 aromatic rings. The van der Waals surface area contributed by atoms with Gasteiger partial charge in [0.25, 0.3) is 0 Å². The van der Waals surface area contributed by atoms with Gasteiger partial charge in [-0.15, -0.1) is 0 Å². The Morgan fingerprint density at radius 3 is 2.47 bits per heavy atom. The number of carboxylic acids is 1. The lowest BCUT2D eigenvalue weighted by molar-refractivity contribution is -0.141. The van der Waals surface area contributed by atoms with Gasteiger partial charge in [-0.3, -0.25) is 9.59 Å². The van der Waals surface area contributed by atoms with Crippen molar-refractivity contribution in [3.63, 3.8) is 0 Å². The number of nitrogens with two attached hydrogens (primary N) is 1. The highest BCUT2D eigenvalue weighted by atomic mass is 16.4. The van der Waals surface area contributed by atoms with Crippen molar-refractivity contribution in [1.29, 1.82) is 0 Å².